The van der Waals surface area contributed by atoms with E-state index in [4.69, 9.17) is 4.74 Å². The van der Waals surface area contributed by atoms with E-state index in [1.807, 2.05) is 20.8 Å². The molecule has 2 aliphatic heterocycles. The highest BCUT2D eigenvalue weighted by molar-refractivity contribution is 7.90. The Kier molecular flexibility index (Phi) is 6.79. The van der Waals surface area contributed by atoms with Crippen molar-refractivity contribution in [1.82, 2.24) is 4.90 Å². The lowest BCUT2D eigenvalue weighted by molar-refractivity contribution is 0.0159. The summed E-state index contributed by atoms with van der Waals surface area (Å²) in [5, 5.41) is 9.82. The van der Waals surface area contributed by atoms with Crippen molar-refractivity contribution in [3.63, 3.8) is 0 Å². The van der Waals surface area contributed by atoms with Gasteiger partial charge in [-0.3, -0.25) is 4.90 Å². The van der Waals surface area contributed by atoms with E-state index in [9.17, 15) is 23.1 Å². The highest BCUT2D eigenvalue weighted by atomic mass is 32.2. The minimum Gasteiger partial charge on any atom is -0.465 e. The van der Waals surface area contributed by atoms with Gasteiger partial charge in [0.15, 0.2) is 9.84 Å². The van der Waals surface area contributed by atoms with E-state index in [1.54, 1.807) is 17.0 Å². The van der Waals surface area contributed by atoms with Crippen LogP contribution in [-0.4, -0.2) is 61.6 Å². The number of ether oxygens (including phenoxy) is 1. The van der Waals surface area contributed by atoms with Gasteiger partial charge in [-0.2, -0.15) is 0 Å². The number of likely N-dealkylation sites (tertiary alicyclic amines) is 1. The summed E-state index contributed by atoms with van der Waals surface area (Å²) in [6, 6.07) is 4.45. The standard InChI is InChI=1S/C23H34N2O6S/c1-15(16-8-10-24(11-9-16)22(28)31-23(2,3)4)12-18-13-17-14-19(32(5,29)30)6-7-20(17)25(18)21(26)27/h6-7,14-16,18H,8-13H2,1-5H3,(H,26,27). The number of amides is 2. The van der Waals surface area contributed by atoms with E-state index in [2.05, 4.69) is 6.92 Å². The molecule has 3 rings (SSSR count). The molecule has 1 N–H and O–H groups in total. The van der Waals surface area contributed by atoms with Crippen molar-refractivity contribution in [2.75, 3.05) is 24.2 Å². The maximum atomic E-state index is 12.3. The number of sulfone groups is 1. The van der Waals surface area contributed by atoms with Gasteiger partial charge in [-0.15, -0.1) is 0 Å². The summed E-state index contributed by atoms with van der Waals surface area (Å²) in [4.78, 5) is 27.6. The number of carboxylic acid groups (broad SMARTS) is 1. The van der Waals surface area contributed by atoms with Crippen molar-refractivity contribution >= 4 is 27.7 Å². The van der Waals surface area contributed by atoms with Gasteiger partial charge < -0.3 is 14.7 Å². The summed E-state index contributed by atoms with van der Waals surface area (Å²) in [5.74, 6) is 0.658. The molecule has 1 aromatic rings. The highest BCUT2D eigenvalue weighted by Crippen LogP contribution is 2.38. The lowest BCUT2D eigenvalue weighted by Gasteiger charge is -2.37. The van der Waals surface area contributed by atoms with E-state index in [0.29, 0.717) is 37.5 Å². The van der Waals surface area contributed by atoms with Crippen molar-refractivity contribution in [2.24, 2.45) is 11.8 Å². The molecule has 9 heteroatoms. The number of carbonyl (C=O) groups is 2. The van der Waals surface area contributed by atoms with Gasteiger partial charge in [0.05, 0.1) is 10.6 Å². The summed E-state index contributed by atoms with van der Waals surface area (Å²) in [5.41, 5.74) is 0.810. The lowest BCUT2D eigenvalue weighted by atomic mass is 9.81. The molecule has 32 heavy (non-hydrogen) atoms. The fraction of sp³-hybridized carbons (Fsp3) is 0.652. The van der Waals surface area contributed by atoms with Gasteiger partial charge in [0.25, 0.3) is 0 Å². The minimum atomic E-state index is -3.35. The van der Waals surface area contributed by atoms with Crippen LogP contribution in [0.15, 0.2) is 23.1 Å². The quantitative estimate of drug-likeness (QED) is 0.714. The molecule has 1 aromatic carbocycles. The van der Waals surface area contributed by atoms with Crippen LogP contribution < -0.4 is 4.90 Å². The van der Waals surface area contributed by atoms with Gasteiger partial charge in [0.1, 0.15) is 5.60 Å². The average molecular weight is 467 g/mol. The second kappa shape index (κ2) is 8.92. The maximum Gasteiger partial charge on any atom is 0.412 e. The number of rotatable bonds is 4. The largest absolute Gasteiger partial charge is 0.465 e. The number of piperidine rings is 1. The molecule has 0 spiro atoms. The smallest absolute Gasteiger partial charge is 0.412 e. The van der Waals surface area contributed by atoms with Crippen LogP contribution >= 0.6 is 0 Å². The van der Waals surface area contributed by atoms with Crippen molar-refractivity contribution in [1.29, 1.82) is 0 Å². The Hall–Kier alpha value is -2.29. The van der Waals surface area contributed by atoms with E-state index in [1.165, 1.54) is 11.0 Å². The minimum absolute atomic E-state index is 0.213. The Morgan fingerprint density at radius 3 is 2.38 bits per heavy atom. The van der Waals surface area contributed by atoms with E-state index >= 15 is 0 Å². The van der Waals surface area contributed by atoms with Crippen LogP contribution in [0.2, 0.25) is 0 Å². The van der Waals surface area contributed by atoms with E-state index in [0.717, 1.165) is 24.7 Å². The number of anilines is 1. The number of benzene rings is 1. The van der Waals surface area contributed by atoms with Crippen LogP contribution in [0.5, 0.6) is 0 Å². The molecule has 0 saturated carbocycles. The fourth-order valence-corrected chi connectivity index (χ4v) is 5.45. The molecule has 2 atom stereocenters. The first kappa shape index (κ1) is 24.4. The Bertz CT molecular complexity index is 977. The van der Waals surface area contributed by atoms with Crippen molar-refractivity contribution in [3.05, 3.63) is 23.8 Å². The second-order valence-corrected chi connectivity index (χ2v) is 12.1. The third kappa shape index (κ3) is 5.54. The second-order valence-electron chi connectivity index (χ2n) is 10.1. The summed E-state index contributed by atoms with van der Waals surface area (Å²) in [7, 11) is -3.35. The SMILES string of the molecule is CC(CC1Cc2cc(S(C)(=O)=O)ccc2N1C(=O)O)C1CCN(C(=O)OC(C)(C)C)CC1. The molecular weight excluding hydrogens is 432 g/mol. The third-order valence-electron chi connectivity index (χ3n) is 6.41. The zero-order chi connectivity index (χ0) is 23.8. The zero-order valence-electron chi connectivity index (χ0n) is 19.5. The normalized spacial score (nSPS) is 20.7. The first-order valence-electron chi connectivity index (χ1n) is 11.1. The number of carbonyl (C=O) groups excluding carboxylic acids is 1. The number of hydrogen-bond donors (Lipinski definition) is 1. The molecule has 0 aromatic heterocycles. The molecule has 2 heterocycles. The van der Waals surface area contributed by atoms with Gasteiger partial charge in [-0.05, 0) is 82.1 Å². The fourth-order valence-electron chi connectivity index (χ4n) is 4.78. The third-order valence-corrected chi connectivity index (χ3v) is 7.52. The molecule has 1 fully saturated rings. The first-order valence-corrected chi connectivity index (χ1v) is 13.0. The molecule has 2 aliphatic rings. The number of nitrogens with zero attached hydrogens (tertiary/aromatic N) is 2. The monoisotopic (exact) mass is 466 g/mol. The van der Waals surface area contributed by atoms with Crippen LogP contribution in [0.1, 0.15) is 52.5 Å². The molecule has 2 amide bonds. The molecule has 0 aliphatic carbocycles. The molecular formula is C23H34N2O6S. The summed E-state index contributed by atoms with van der Waals surface area (Å²) < 4.78 is 29.3. The summed E-state index contributed by atoms with van der Waals surface area (Å²) in [6.07, 6.45) is 2.75. The van der Waals surface area contributed by atoms with Crippen LogP contribution in [0.25, 0.3) is 0 Å². The van der Waals surface area contributed by atoms with E-state index in [-0.39, 0.29) is 22.9 Å². The van der Waals surface area contributed by atoms with Gasteiger partial charge in [0.2, 0.25) is 0 Å². The van der Waals surface area contributed by atoms with Gasteiger partial charge >= 0.3 is 12.2 Å². The van der Waals surface area contributed by atoms with Crippen molar-refractivity contribution < 1.29 is 27.9 Å². The number of hydrogen-bond acceptors (Lipinski definition) is 5. The predicted octanol–water partition coefficient (Wildman–Crippen LogP) is 4.17. The Morgan fingerprint density at radius 1 is 1.22 bits per heavy atom. The van der Waals surface area contributed by atoms with E-state index < -0.39 is 21.5 Å². The van der Waals surface area contributed by atoms with Crippen LogP contribution in [0, 0.1) is 11.8 Å². The lowest BCUT2D eigenvalue weighted by Crippen LogP contribution is -2.43. The average Bonchev–Trinajstić information content (AvgIpc) is 3.03. The topological polar surface area (TPSA) is 104 Å². The molecule has 1 saturated heterocycles. The van der Waals surface area contributed by atoms with Crippen molar-refractivity contribution in [3.8, 4) is 0 Å². The van der Waals surface area contributed by atoms with Crippen LogP contribution in [-0.2, 0) is 21.0 Å². The first-order chi connectivity index (χ1) is 14.8. The van der Waals surface area contributed by atoms with Gasteiger partial charge in [-0.25, -0.2) is 18.0 Å². The summed E-state index contributed by atoms with van der Waals surface area (Å²) >= 11 is 0. The Labute approximate surface area is 190 Å². The molecule has 2 unspecified atom stereocenters. The van der Waals surface area contributed by atoms with Gasteiger partial charge in [-0.1, -0.05) is 6.92 Å². The molecule has 0 radical (unpaired) electrons. The Morgan fingerprint density at radius 2 is 1.84 bits per heavy atom. The summed E-state index contributed by atoms with van der Waals surface area (Å²) in [6.45, 7) is 8.97. The molecule has 178 valence electrons. The maximum absolute atomic E-state index is 12.3. The van der Waals surface area contributed by atoms with Crippen LogP contribution in [0.4, 0.5) is 15.3 Å². The predicted molar refractivity (Wildman–Crippen MR) is 122 cm³/mol. The van der Waals surface area contributed by atoms with Gasteiger partial charge in [0, 0.05) is 25.4 Å². The van der Waals surface area contributed by atoms with Crippen molar-refractivity contribution in [2.45, 2.75) is 69.9 Å². The highest BCUT2D eigenvalue weighted by Gasteiger charge is 2.37. The molecule has 8 nitrogen and oxygen atoms in total. The van der Waals surface area contributed by atoms with Crippen LogP contribution in [0.3, 0.4) is 0 Å². The zero-order valence-corrected chi connectivity index (χ0v) is 20.3. The Balaban J connectivity index is 1.64. The molecule has 0 bridgehead atoms. The number of fused-ring (bicyclic) bond motifs is 1.